The molecule has 2 heteroatoms. The van der Waals surface area contributed by atoms with Gasteiger partial charge in [-0.15, -0.1) is 0 Å². The second kappa shape index (κ2) is 6.02. The zero-order valence-corrected chi connectivity index (χ0v) is 11.0. The third kappa shape index (κ3) is 3.74. The summed E-state index contributed by atoms with van der Waals surface area (Å²) in [6, 6.07) is 1.61. The molecule has 2 aliphatic rings. The Morgan fingerprint density at radius 1 is 1.19 bits per heavy atom. The number of likely N-dealkylation sites (N-methyl/N-ethyl adjacent to an activating group) is 1. The maximum absolute atomic E-state index is 3.67. The maximum Gasteiger partial charge on any atom is 0.0215 e. The van der Waals surface area contributed by atoms with Crippen LogP contribution >= 0.6 is 0 Å². The first kappa shape index (κ1) is 12.4. The van der Waals surface area contributed by atoms with Crippen molar-refractivity contribution >= 4 is 0 Å². The van der Waals surface area contributed by atoms with Crippen LogP contribution in [0.3, 0.4) is 0 Å². The lowest BCUT2D eigenvalue weighted by molar-refractivity contribution is 0.197. The molecule has 1 atom stereocenters. The molecule has 0 heterocycles. The predicted octanol–water partition coefficient (Wildman–Crippen LogP) is 2.64. The fraction of sp³-hybridized carbons (Fsp3) is 1.00. The summed E-state index contributed by atoms with van der Waals surface area (Å²) >= 11 is 0. The van der Waals surface area contributed by atoms with Crippen molar-refractivity contribution in [2.24, 2.45) is 5.92 Å². The molecule has 0 aromatic rings. The number of rotatable bonds is 7. The van der Waals surface area contributed by atoms with Crippen LogP contribution in [-0.4, -0.2) is 37.1 Å². The van der Waals surface area contributed by atoms with Crippen LogP contribution in [0.25, 0.3) is 0 Å². The van der Waals surface area contributed by atoms with Gasteiger partial charge in [-0.3, -0.25) is 0 Å². The van der Waals surface area contributed by atoms with E-state index in [0.717, 1.165) is 18.0 Å². The highest BCUT2D eigenvalue weighted by Gasteiger charge is 2.24. The number of hydrogen-bond donors (Lipinski definition) is 1. The van der Waals surface area contributed by atoms with Gasteiger partial charge in [-0.1, -0.05) is 19.8 Å². The normalized spacial score (nSPS) is 24.2. The highest BCUT2D eigenvalue weighted by Crippen LogP contribution is 2.26. The second-order valence-electron chi connectivity index (χ2n) is 5.83. The zero-order valence-electron chi connectivity index (χ0n) is 11.0. The topological polar surface area (TPSA) is 15.3 Å². The van der Waals surface area contributed by atoms with Crippen molar-refractivity contribution in [3.05, 3.63) is 0 Å². The van der Waals surface area contributed by atoms with Gasteiger partial charge in [0.25, 0.3) is 0 Å². The third-order valence-electron chi connectivity index (χ3n) is 4.34. The predicted molar refractivity (Wildman–Crippen MR) is 69.7 cm³/mol. The van der Waals surface area contributed by atoms with Crippen molar-refractivity contribution in [3.8, 4) is 0 Å². The van der Waals surface area contributed by atoms with Gasteiger partial charge >= 0.3 is 0 Å². The lowest BCUT2D eigenvalue weighted by Gasteiger charge is -2.29. The van der Waals surface area contributed by atoms with Crippen molar-refractivity contribution in [3.63, 3.8) is 0 Å². The van der Waals surface area contributed by atoms with E-state index < -0.39 is 0 Å². The van der Waals surface area contributed by atoms with Gasteiger partial charge in [0.1, 0.15) is 0 Å². The summed E-state index contributed by atoms with van der Waals surface area (Å²) < 4.78 is 0. The molecule has 94 valence electrons. The van der Waals surface area contributed by atoms with E-state index in [0.29, 0.717) is 0 Å². The molecule has 0 aromatic carbocycles. The highest BCUT2D eigenvalue weighted by atomic mass is 15.2. The van der Waals surface area contributed by atoms with E-state index in [1.165, 1.54) is 58.0 Å². The minimum Gasteiger partial charge on any atom is -0.312 e. The van der Waals surface area contributed by atoms with Crippen LogP contribution in [0.15, 0.2) is 0 Å². The first-order valence-electron chi connectivity index (χ1n) is 7.23. The summed E-state index contributed by atoms with van der Waals surface area (Å²) in [5.74, 6) is 0.986. The molecule has 0 aliphatic heterocycles. The van der Waals surface area contributed by atoms with E-state index in [9.17, 15) is 0 Å². The summed E-state index contributed by atoms with van der Waals surface area (Å²) in [4.78, 5) is 2.60. The molecular weight excluding hydrogens is 196 g/mol. The van der Waals surface area contributed by atoms with E-state index in [1.54, 1.807) is 0 Å². The molecule has 16 heavy (non-hydrogen) atoms. The SMILES string of the molecule is CCC(CNC1CC1)N(C)CC1CCCC1. The summed E-state index contributed by atoms with van der Waals surface area (Å²) in [5, 5.41) is 3.67. The molecule has 2 aliphatic carbocycles. The number of nitrogens with zero attached hydrogens (tertiary/aromatic N) is 1. The van der Waals surface area contributed by atoms with Gasteiger partial charge in [-0.25, -0.2) is 0 Å². The zero-order chi connectivity index (χ0) is 11.4. The lowest BCUT2D eigenvalue weighted by atomic mass is 10.1. The molecular formula is C14H28N2. The molecule has 0 radical (unpaired) electrons. The highest BCUT2D eigenvalue weighted by molar-refractivity contribution is 4.84. The Kier molecular flexibility index (Phi) is 4.66. The molecule has 0 amide bonds. The van der Waals surface area contributed by atoms with Gasteiger partial charge in [-0.2, -0.15) is 0 Å². The largest absolute Gasteiger partial charge is 0.312 e. The Morgan fingerprint density at radius 3 is 2.44 bits per heavy atom. The Hall–Kier alpha value is -0.0800. The van der Waals surface area contributed by atoms with Gasteiger partial charge in [-0.05, 0) is 45.1 Å². The molecule has 0 bridgehead atoms. The standard InChI is InChI=1S/C14H28N2/c1-3-14(10-15-13-8-9-13)16(2)11-12-6-4-5-7-12/h12-15H,3-11H2,1-2H3. The van der Waals surface area contributed by atoms with Crippen LogP contribution in [0.5, 0.6) is 0 Å². The van der Waals surface area contributed by atoms with Gasteiger partial charge in [0.05, 0.1) is 0 Å². The van der Waals surface area contributed by atoms with Crippen LogP contribution in [0.2, 0.25) is 0 Å². The Balaban J connectivity index is 1.68. The average molecular weight is 224 g/mol. The van der Waals surface area contributed by atoms with E-state index in [4.69, 9.17) is 0 Å². The van der Waals surface area contributed by atoms with Crippen molar-refractivity contribution in [2.45, 2.75) is 64.0 Å². The van der Waals surface area contributed by atoms with Crippen LogP contribution in [-0.2, 0) is 0 Å². The summed E-state index contributed by atoms with van der Waals surface area (Å²) in [5.41, 5.74) is 0. The molecule has 0 saturated heterocycles. The van der Waals surface area contributed by atoms with Gasteiger partial charge in [0.2, 0.25) is 0 Å². The van der Waals surface area contributed by atoms with Crippen molar-refractivity contribution in [1.29, 1.82) is 0 Å². The summed E-state index contributed by atoms with van der Waals surface area (Å²) in [6.45, 7) is 4.85. The monoisotopic (exact) mass is 224 g/mol. The minimum absolute atomic E-state index is 0.751. The first-order chi connectivity index (χ1) is 7.79. The van der Waals surface area contributed by atoms with E-state index in [-0.39, 0.29) is 0 Å². The molecule has 1 N–H and O–H groups in total. The van der Waals surface area contributed by atoms with Crippen LogP contribution < -0.4 is 5.32 Å². The fourth-order valence-corrected chi connectivity index (χ4v) is 2.95. The van der Waals surface area contributed by atoms with Crippen molar-refractivity contribution in [2.75, 3.05) is 20.1 Å². The molecule has 2 rings (SSSR count). The maximum atomic E-state index is 3.67. The molecule has 0 spiro atoms. The number of hydrogen-bond acceptors (Lipinski definition) is 2. The van der Waals surface area contributed by atoms with Gasteiger partial charge in [0, 0.05) is 25.2 Å². The third-order valence-corrected chi connectivity index (χ3v) is 4.34. The summed E-state index contributed by atoms with van der Waals surface area (Å²) in [6.07, 6.45) is 9.97. The Bertz CT molecular complexity index is 195. The van der Waals surface area contributed by atoms with Crippen LogP contribution in [0.4, 0.5) is 0 Å². The minimum atomic E-state index is 0.751. The van der Waals surface area contributed by atoms with Gasteiger partial charge in [0.15, 0.2) is 0 Å². The van der Waals surface area contributed by atoms with Crippen LogP contribution in [0, 0.1) is 5.92 Å². The molecule has 0 aromatic heterocycles. The molecule has 2 saturated carbocycles. The first-order valence-corrected chi connectivity index (χ1v) is 7.23. The number of nitrogens with one attached hydrogen (secondary N) is 1. The van der Waals surface area contributed by atoms with Crippen molar-refractivity contribution < 1.29 is 0 Å². The van der Waals surface area contributed by atoms with Crippen LogP contribution in [0.1, 0.15) is 51.9 Å². The molecule has 1 unspecified atom stereocenters. The Morgan fingerprint density at radius 2 is 1.88 bits per heavy atom. The molecule has 2 fully saturated rings. The average Bonchev–Trinajstić information content (AvgIpc) is 2.96. The summed E-state index contributed by atoms with van der Waals surface area (Å²) in [7, 11) is 2.32. The lowest BCUT2D eigenvalue weighted by Crippen LogP contribution is -2.42. The quantitative estimate of drug-likeness (QED) is 0.715. The van der Waals surface area contributed by atoms with E-state index in [1.807, 2.05) is 0 Å². The smallest absolute Gasteiger partial charge is 0.0215 e. The van der Waals surface area contributed by atoms with E-state index in [2.05, 4.69) is 24.2 Å². The van der Waals surface area contributed by atoms with Crippen molar-refractivity contribution in [1.82, 2.24) is 10.2 Å². The van der Waals surface area contributed by atoms with Gasteiger partial charge < -0.3 is 10.2 Å². The van der Waals surface area contributed by atoms with E-state index >= 15 is 0 Å². The second-order valence-corrected chi connectivity index (χ2v) is 5.83. The fourth-order valence-electron chi connectivity index (χ4n) is 2.95. The molecule has 2 nitrogen and oxygen atoms in total. The Labute approximate surface area is 101 Å².